The van der Waals surface area contributed by atoms with E-state index in [0.29, 0.717) is 24.5 Å². The molecule has 0 saturated carbocycles. The van der Waals surface area contributed by atoms with Crippen LogP contribution in [0.3, 0.4) is 0 Å². The summed E-state index contributed by atoms with van der Waals surface area (Å²) >= 11 is 0. The van der Waals surface area contributed by atoms with Crippen LogP contribution in [-0.2, 0) is 17.8 Å². The summed E-state index contributed by atoms with van der Waals surface area (Å²) in [5.41, 5.74) is 7.25. The number of benzene rings is 1. The number of ether oxygens (including phenoxy) is 3. The standard InChI is InChI=1S/C16H21NO4/c1-18-10-12-5-7-14(21-12)13(17)8-11-4-6-15(19-2)16(9-11)20-3/h4-7,9,13H,8,10,17H2,1-3H3. The number of methoxy groups -OCH3 is 3. The summed E-state index contributed by atoms with van der Waals surface area (Å²) in [4.78, 5) is 0. The molecule has 1 atom stereocenters. The SMILES string of the molecule is COCc1ccc(C(N)Cc2ccc(OC)c(OC)c2)o1. The third-order valence-electron chi connectivity index (χ3n) is 3.24. The molecule has 114 valence electrons. The minimum atomic E-state index is -0.214. The van der Waals surface area contributed by atoms with Crippen LogP contribution in [-0.4, -0.2) is 21.3 Å². The van der Waals surface area contributed by atoms with Crippen LogP contribution in [0.5, 0.6) is 11.5 Å². The van der Waals surface area contributed by atoms with Crippen LogP contribution in [0, 0.1) is 0 Å². The lowest BCUT2D eigenvalue weighted by Gasteiger charge is -2.12. The zero-order valence-electron chi connectivity index (χ0n) is 12.6. The summed E-state index contributed by atoms with van der Waals surface area (Å²) in [6.45, 7) is 0.447. The van der Waals surface area contributed by atoms with Gasteiger partial charge in [-0.3, -0.25) is 0 Å². The lowest BCUT2D eigenvalue weighted by Crippen LogP contribution is -2.12. The first kappa shape index (κ1) is 15.4. The van der Waals surface area contributed by atoms with E-state index in [0.717, 1.165) is 17.1 Å². The Balaban J connectivity index is 2.09. The van der Waals surface area contributed by atoms with Gasteiger partial charge in [0.2, 0.25) is 0 Å². The number of hydrogen-bond donors (Lipinski definition) is 1. The molecule has 21 heavy (non-hydrogen) atoms. The molecule has 2 rings (SSSR count). The summed E-state index contributed by atoms with van der Waals surface area (Å²) < 4.78 is 21.2. The zero-order valence-corrected chi connectivity index (χ0v) is 12.6. The van der Waals surface area contributed by atoms with Crippen LogP contribution in [0.4, 0.5) is 0 Å². The molecule has 1 aromatic heterocycles. The van der Waals surface area contributed by atoms with Gasteiger partial charge in [0.15, 0.2) is 11.5 Å². The number of rotatable bonds is 7. The van der Waals surface area contributed by atoms with E-state index >= 15 is 0 Å². The van der Waals surface area contributed by atoms with Crippen LogP contribution in [0.15, 0.2) is 34.7 Å². The van der Waals surface area contributed by atoms with Crippen molar-refractivity contribution in [2.45, 2.75) is 19.1 Å². The minimum absolute atomic E-state index is 0.214. The van der Waals surface area contributed by atoms with Crippen molar-refractivity contribution in [3.63, 3.8) is 0 Å². The topological polar surface area (TPSA) is 66.9 Å². The lowest BCUT2D eigenvalue weighted by molar-refractivity contribution is 0.162. The van der Waals surface area contributed by atoms with Gasteiger partial charge >= 0.3 is 0 Å². The van der Waals surface area contributed by atoms with Crippen LogP contribution < -0.4 is 15.2 Å². The van der Waals surface area contributed by atoms with Crippen molar-refractivity contribution in [2.75, 3.05) is 21.3 Å². The smallest absolute Gasteiger partial charge is 0.160 e. The van der Waals surface area contributed by atoms with E-state index in [-0.39, 0.29) is 6.04 Å². The Morgan fingerprint density at radius 1 is 1.05 bits per heavy atom. The Hall–Kier alpha value is -1.98. The third-order valence-corrected chi connectivity index (χ3v) is 3.24. The van der Waals surface area contributed by atoms with E-state index in [2.05, 4.69) is 0 Å². The molecule has 0 saturated heterocycles. The molecule has 0 amide bonds. The van der Waals surface area contributed by atoms with Gasteiger partial charge in [-0.1, -0.05) is 6.07 Å². The molecule has 0 spiro atoms. The highest BCUT2D eigenvalue weighted by Gasteiger charge is 2.13. The van der Waals surface area contributed by atoms with Gasteiger partial charge in [-0.15, -0.1) is 0 Å². The van der Waals surface area contributed by atoms with E-state index in [4.69, 9.17) is 24.4 Å². The lowest BCUT2D eigenvalue weighted by atomic mass is 10.0. The fraction of sp³-hybridized carbons (Fsp3) is 0.375. The van der Waals surface area contributed by atoms with Crippen molar-refractivity contribution in [1.82, 2.24) is 0 Å². The molecule has 2 N–H and O–H groups in total. The Kier molecular flexibility index (Phi) is 5.25. The molecule has 0 aliphatic carbocycles. The highest BCUT2D eigenvalue weighted by molar-refractivity contribution is 5.43. The summed E-state index contributed by atoms with van der Waals surface area (Å²) in [6.07, 6.45) is 0.653. The second-order valence-electron chi connectivity index (χ2n) is 4.74. The molecule has 5 heteroatoms. The van der Waals surface area contributed by atoms with Crippen molar-refractivity contribution in [3.05, 3.63) is 47.4 Å². The number of furan rings is 1. The van der Waals surface area contributed by atoms with Crippen LogP contribution in [0.25, 0.3) is 0 Å². The van der Waals surface area contributed by atoms with Gasteiger partial charge in [-0.2, -0.15) is 0 Å². The first-order valence-corrected chi connectivity index (χ1v) is 6.72. The van der Waals surface area contributed by atoms with Gasteiger partial charge in [-0.25, -0.2) is 0 Å². The quantitative estimate of drug-likeness (QED) is 0.849. The van der Waals surface area contributed by atoms with E-state index in [9.17, 15) is 0 Å². The van der Waals surface area contributed by atoms with Gasteiger partial charge < -0.3 is 24.4 Å². The molecule has 0 fully saturated rings. The molecule has 2 aromatic rings. The highest BCUT2D eigenvalue weighted by atomic mass is 16.5. The molecule has 0 bridgehead atoms. The van der Waals surface area contributed by atoms with Gasteiger partial charge in [0, 0.05) is 7.11 Å². The fourth-order valence-electron chi connectivity index (χ4n) is 2.18. The third kappa shape index (κ3) is 3.77. The van der Waals surface area contributed by atoms with E-state index in [1.54, 1.807) is 21.3 Å². The Labute approximate surface area is 124 Å². The number of hydrogen-bond acceptors (Lipinski definition) is 5. The zero-order chi connectivity index (χ0) is 15.2. The monoisotopic (exact) mass is 291 g/mol. The van der Waals surface area contributed by atoms with Crippen molar-refractivity contribution in [2.24, 2.45) is 5.73 Å². The fourth-order valence-corrected chi connectivity index (χ4v) is 2.18. The predicted molar refractivity (Wildman–Crippen MR) is 79.6 cm³/mol. The molecule has 0 aliphatic rings. The van der Waals surface area contributed by atoms with Crippen LogP contribution in [0.2, 0.25) is 0 Å². The second kappa shape index (κ2) is 7.15. The van der Waals surface area contributed by atoms with Crippen LogP contribution >= 0.6 is 0 Å². The summed E-state index contributed by atoms with van der Waals surface area (Å²) in [7, 11) is 4.86. The maximum atomic E-state index is 6.19. The average molecular weight is 291 g/mol. The molecule has 1 unspecified atom stereocenters. The normalized spacial score (nSPS) is 12.2. The van der Waals surface area contributed by atoms with Gasteiger partial charge in [0.1, 0.15) is 18.1 Å². The first-order chi connectivity index (χ1) is 10.2. The second-order valence-corrected chi connectivity index (χ2v) is 4.74. The Bertz CT molecular complexity index is 579. The van der Waals surface area contributed by atoms with E-state index in [1.165, 1.54) is 0 Å². The molecule has 5 nitrogen and oxygen atoms in total. The maximum Gasteiger partial charge on any atom is 0.160 e. The average Bonchev–Trinajstić information content (AvgIpc) is 2.96. The predicted octanol–water partition coefficient (Wildman–Crippen LogP) is 2.69. The number of nitrogens with two attached hydrogens (primary N) is 1. The molecule has 0 aliphatic heterocycles. The van der Waals surface area contributed by atoms with Crippen molar-refractivity contribution in [1.29, 1.82) is 0 Å². The largest absolute Gasteiger partial charge is 0.493 e. The van der Waals surface area contributed by atoms with Crippen molar-refractivity contribution in [3.8, 4) is 11.5 Å². The maximum absolute atomic E-state index is 6.19. The van der Waals surface area contributed by atoms with Crippen molar-refractivity contribution < 1.29 is 18.6 Å². The summed E-state index contributed by atoms with van der Waals surface area (Å²) in [5.74, 6) is 2.92. The first-order valence-electron chi connectivity index (χ1n) is 6.72. The summed E-state index contributed by atoms with van der Waals surface area (Å²) in [6, 6.07) is 9.33. The Morgan fingerprint density at radius 3 is 2.48 bits per heavy atom. The highest BCUT2D eigenvalue weighted by Crippen LogP contribution is 2.29. The van der Waals surface area contributed by atoms with Gasteiger partial charge in [-0.05, 0) is 36.2 Å². The molecular formula is C16H21NO4. The van der Waals surface area contributed by atoms with E-state index < -0.39 is 0 Å². The Morgan fingerprint density at radius 2 is 1.81 bits per heavy atom. The molecule has 0 radical (unpaired) electrons. The van der Waals surface area contributed by atoms with Crippen molar-refractivity contribution >= 4 is 0 Å². The van der Waals surface area contributed by atoms with E-state index in [1.807, 2.05) is 30.3 Å². The van der Waals surface area contributed by atoms with Crippen LogP contribution in [0.1, 0.15) is 23.1 Å². The molecule has 1 heterocycles. The molecule has 1 aromatic carbocycles. The molecular weight excluding hydrogens is 270 g/mol. The summed E-state index contributed by atoms with van der Waals surface area (Å²) in [5, 5.41) is 0. The van der Waals surface area contributed by atoms with Gasteiger partial charge in [0.25, 0.3) is 0 Å². The van der Waals surface area contributed by atoms with Gasteiger partial charge in [0.05, 0.1) is 20.3 Å². The minimum Gasteiger partial charge on any atom is -0.493 e.